The van der Waals surface area contributed by atoms with Crippen LogP contribution in [0, 0.1) is 11.8 Å². The normalized spacial score (nSPS) is 34.8. The van der Waals surface area contributed by atoms with E-state index < -0.39 is 0 Å². The molecule has 0 spiro atoms. The van der Waals surface area contributed by atoms with Gasteiger partial charge in [0.2, 0.25) is 0 Å². The van der Waals surface area contributed by atoms with Crippen LogP contribution in [0.2, 0.25) is 0 Å². The highest BCUT2D eigenvalue weighted by molar-refractivity contribution is 4.79. The van der Waals surface area contributed by atoms with Gasteiger partial charge in [0, 0.05) is 11.8 Å². The summed E-state index contributed by atoms with van der Waals surface area (Å²) in [6.45, 7) is 17.7. The van der Waals surface area contributed by atoms with Crippen molar-refractivity contribution in [2.75, 3.05) is 106 Å². The third-order valence-corrected chi connectivity index (χ3v) is 9.86. The first-order valence-electron chi connectivity index (χ1n) is 14.6. The molecule has 0 amide bonds. The minimum absolute atomic E-state index is 0.416. The van der Waals surface area contributed by atoms with Crippen molar-refractivity contribution in [1.29, 1.82) is 0 Å². The Hall–Kier alpha value is -0.320. The van der Waals surface area contributed by atoms with Gasteiger partial charge in [-0.3, -0.25) is 31.1 Å². The number of nitrogens with one attached hydrogen (secondary N) is 4. The lowest BCUT2D eigenvalue weighted by atomic mass is 9.80. The molecule has 196 valence electrons. The molecule has 5 fully saturated rings. The maximum atomic E-state index is 3.66. The van der Waals surface area contributed by atoms with Gasteiger partial charge in [-0.25, -0.2) is 0 Å². The topological polar surface area (TPSA) is 54.6 Å². The summed E-state index contributed by atoms with van der Waals surface area (Å²) >= 11 is 0. The summed E-state index contributed by atoms with van der Waals surface area (Å²) in [6.07, 6.45) is 9.22. The summed E-state index contributed by atoms with van der Waals surface area (Å²) in [5, 5.41) is 14.6. The Balaban J connectivity index is 1.01. The molecule has 5 rings (SSSR count). The first kappa shape index (κ1) is 25.3. The molecule has 4 aliphatic heterocycles. The minimum atomic E-state index is 0.416. The average molecular weight is 479 g/mol. The molecule has 0 bridgehead atoms. The molecule has 4 saturated heterocycles. The van der Waals surface area contributed by atoms with Gasteiger partial charge >= 0.3 is 0 Å². The fraction of sp³-hybridized carbons (Fsp3) is 1.00. The average Bonchev–Trinajstić information content (AvgIpc) is 2.87. The van der Waals surface area contributed by atoms with Crippen molar-refractivity contribution < 1.29 is 8.97 Å². The highest BCUT2D eigenvalue weighted by Gasteiger charge is 2.38. The molecule has 1 saturated carbocycles. The van der Waals surface area contributed by atoms with Crippen molar-refractivity contribution in [2.45, 2.75) is 51.1 Å². The van der Waals surface area contributed by atoms with Crippen molar-refractivity contribution in [1.82, 2.24) is 31.1 Å². The van der Waals surface area contributed by atoms with Crippen LogP contribution in [0.3, 0.4) is 0 Å². The van der Waals surface area contributed by atoms with Gasteiger partial charge < -0.3 is 8.97 Å². The summed E-state index contributed by atoms with van der Waals surface area (Å²) in [5.74, 6) is 1.90. The molecule has 0 atom stereocenters. The zero-order valence-corrected chi connectivity index (χ0v) is 22.2. The molecule has 8 nitrogen and oxygen atoms in total. The number of quaternary nitrogens is 2. The van der Waals surface area contributed by atoms with Gasteiger partial charge in [-0.2, -0.15) is 0 Å². The standard InChI is InChI=1S/C26H54N8/c1-33(17-13-31(14-18-33)25-27-9-3-10-28-25)21-23-5-7-24(8-6-23)22-34(2)19-15-32(16-20-34)26-29-11-4-12-30-26/h23-30H,3-22H2,1-2H3/q+2. The number of rotatable bonds is 6. The zero-order valence-electron chi connectivity index (χ0n) is 22.2. The molecule has 0 aromatic rings. The van der Waals surface area contributed by atoms with Crippen molar-refractivity contribution in [3.05, 3.63) is 0 Å². The maximum Gasteiger partial charge on any atom is 0.114 e. The number of hydrogen-bond donors (Lipinski definition) is 4. The van der Waals surface area contributed by atoms with E-state index in [1.165, 1.54) is 113 Å². The Morgan fingerprint density at radius 3 is 1.21 bits per heavy atom. The molecular weight excluding hydrogens is 424 g/mol. The van der Waals surface area contributed by atoms with Crippen LogP contribution >= 0.6 is 0 Å². The fourth-order valence-electron chi connectivity index (χ4n) is 7.44. The maximum absolute atomic E-state index is 3.66. The van der Waals surface area contributed by atoms with Gasteiger partial charge in [-0.15, -0.1) is 0 Å². The van der Waals surface area contributed by atoms with Crippen LogP contribution in [0.5, 0.6) is 0 Å². The number of nitrogens with zero attached hydrogens (tertiary/aromatic N) is 4. The van der Waals surface area contributed by atoms with E-state index >= 15 is 0 Å². The van der Waals surface area contributed by atoms with Gasteiger partial charge in [-0.05, 0) is 64.7 Å². The molecule has 0 unspecified atom stereocenters. The van der Waals surface area contributed by atoms with E-state index in [2.05, 4.69) is 45.2 Å². The van der Waals surface area contributed by atoms with E-state index in [4.69, 9.17) is 0 Å². The summed E-state index contributed by atoms with van der Waals surface area (Å²) in [6, 6.07) is 0. The van der Waals surface area contributed by atoms with Crippen molar-refractivity contribution in [3.8, 4) is 0 Å². The minimum Gasteiger partial charge on any atom is -0.324 e. The Labute approximate surface area is 208 Å². The summed E-state index contributed by atoms with van der Waals surface area (Å²) < 4.78 is 2.59. The lowest BCUT2D eigenvalue weighted by Crippen LogP contribution is -2.66. The first-order valence-corrected chi connectivity index (χ1v) is 14.6. The van der Waals surface area contributed by atoms with Gasteiger partial charge in [0.05, 0.1) is 79.5 Å². The molecular formula is C26H54N8+2. The predicted molar refractivity (Wildman–Crippen MR) is 139 cm³/mol. The van der Waals surface area contributed by atoms with Gasteiger partial charge in [-0.1, -0.05) is 0 Å². The van der Waals surface area contributed by atoms with E-state index in [0.29, 0.717) is 12.6 Å². The SMILES string of the molecule is C[N+]1(CC2CCC(C[N+]3(C)CCN(C4NCCCN4)CC3)CC2)CCN(C2NCCCN2)CC1. The lowest BCUT2D eigenvalue weighted by Gasteiger charge is -2.48. The molecule has 0 radical (unpaired) electrons. The van der Waals surface area contributed by atoms with Crippen LogP contribution in [0.4, 0.5) is 0 Å². The summed E-state index contributed by atoms with van der Waals surface area (Å²) in [5.41, 5.74) is 0. The van der Waals surface area contributed by atoms with Crippen LogP contribution in [0.15, 0.2) is 0 Å². The Morgan fingerprint density at radius 2 is 0.882 bits per heavy atom. The second kappa shape index (κ2) is 11.4. The fourth-order valence-corrected chi connectivity index (χ4v) is 7.44. The van der Waals surface area contributed by atoms with E-state index in [-0.39, 0.29) is 0 Å². The van der Waals surface area contributed by atoms with Crippen LogP contribution < -0.4 is 21.3 Å². The van der Waals surface area contributed by atoms with Crippen LogP contribution in [0.1, 0.15) is 38.5 Å². The summed E-state index contributed by atoms with van der Waals surface area (Å²) in [4.78, 5) is 5.28. The highest BCUT2D eigenvalue weighted by Crippen LogP contribution is 2.33. The third-order valence-electron chi connectivity index (χ3n) is 9.86. The molecule has 1 aliphatic carbocycles. The number of hydrogen-bond acceptors (Lipinski definition) is 6. The molecule has 0 aromatic carbocycles. The monoisotopic (exact) mass is 478 g/mol. The van der Waals surface area contributed by atoms with Gasteiger partial charge in [0.1, 0.15) is 12.6 Å². The van der Waals surface area contributed by atoms with Crippen molar-refractivity contribution in [2.24, 2.45) is 11.8 Å². The Bertz CT molecular complexity index is 554. The third kappa shape index (κ3) is 6.51. The van der Waals surface area contributed by atoms with Crippen molar-refractivity contribution >= 4 is 0 Å². The van der Waals surface area contributed by atoms with Crippen LogP contribution in [-0.4, -0.2) is 137 Å². The molecule has 8 heteroatoms. The molecule has 34 heavy (non-hydrogen) atoms. The van der Waals surface area contributed by atoms with Crippen LogP contribution in [-0.2, 0) is 0 Å². The predicted octanol–water partition coefficient (Wildman–Crippen LogP) is 0.0502. The molecule has 4 heterocycles. The first-order chi connectivity index (χ1) is 16.5. The second-order valence-electron chi connectivity index (χ2n) is 12.8. The van der Waals surface area contributed by atoms with E-state index in [0.717, 1.165) is 38.0 Å². The zero-order chi connectivity index (χ0) is 23.4. The second-order valence-corrected chi connectivity index (χ2v) is 12.8. The lowest BCUT2D eigenvalue weighted by molar-refractivity contribution is -0.918. The van der Waals surface area contributed by atoms with E-state index in [9.17, 15) is 0 Å². The molecule has 4 N–H and O–H groups in total. The number of piperazine rings is 2. The van der Waals surface area contributed by atoms with E-state index in [1.54, 1.807) is 0 Å². The molecule has 5 aliphatic rings. The summed E-state index contributed by atoms with van der Waals surface area (Å²) in [7, 11) is 5.07. The van der Waals surface area contributed by atoms with Gasteiger partial charge in [0.15, 0.2) is 0 Å². The van der Waals surface area contributed by atoms with Gasteiger partial charge in [0.25, 0.3) is 0 Å². The van der Waals surface area contributed by atoms with Crippen LogP contribution in [0.25, 0.3) is 0 Å². The highest BCUT2D eigenvalue weighted by atomic mass is 15.5. The Kier molecular flexibility index (Phi) is 8.48. The number of likely N-dealkylation sites (N-methyl/N-ethyl adjacent to an activating group) is 2. The van der Waals surface area contributed by atoms with Crippen molar-refractivity contribution in [3.63, 3.8) is 0 Å². The molecule has 0 aromatic heterocycles. The largest absolute Gasteiger partial charge is 0.324 e. The van der Waals surface area contributed by atoms with E-state index in [1.807, 2.05) is 0 Å². The quantitative estimate of drug-likeness (QED) is 0.405. The smallest absolute Gasteiger partial charge is 0.114 e. The Morgan fingerprint density at radius 1 is 0.559 bits per heavy atom.